The number of carbonyl (C=O) groups is 1. The molecular formula is C17H18ClN3O2S. The molecule has 3 aliphatic heterocycles. The van der Waals surface area contributed by atoms with Gasteiger partial charge in [-0.15, -0.1) is 0 Å². The highest BCUT2D eigenvalue weighted by Crippen LogP contribution is 2.30. The van der Waals surface area contributed by atoms with Crippen LogP contribution >= 0.6 is 22.9 Å². The average molecular weight is 364 g/mol. The van der Waals surface area contributed by atoms with Crippen LogP contribution in [0.4, 0.5) is 0 Å². The number of carbonyl (C=O) groups excluding carboxylic acids is 1. The lowest BCUT2D eigenvalue weighted by molar-refractivity contribution is 0.0620. The quantitative estimate of drug-likeness (QED) is 0.904. The van der Waals surface area contributed by atoms with E-state index in [1.165, 1.54) is 37.3 Å². The molecule has 3 saturated heterocycles. The zero-order chi connectivity index (χ0) is 16.5. The maximum absolute atomic E-state index is 12.5. The number of piperidine rings is 3. The second kappa shape index (κ2) is 6.70. The molecule has 1 N–H and O–H groups in total. The number of amides is 1. The van der Waals surface area contributed by atoms with E-state index in [2.05, 4.69) is 15.2 Å². The second-order valence-corrected chi connectivity index (χ2v) is 7.85. The van der Waals surface area contributed by atoms with Crippen LogP contribution in [0, 0.1) is 5.92 Å². The minimum Gasteiger partial charge on any atom is -0.445 e. The van der Waals surface area contributed by atoms with Gasteiger partial charge in [0.1, 0.15) is 5.75 Å². The van der Waals surface area contributed by atoms with Crippen molar-refractivity contribution in [3.05, 3.63) is 40.5 Å². The fourth-order valence-electron chi connectivity index (χ4n) is 3.46. The third-order valence-corrected chi connectivity index (χ3v) is 5.76. The molecule has 5 nitrogen and oxygen atoms in total. The van der Waals surface area contributed by atoms with Crippen molar-refractivity contribution >= 4 is 28.8 Å². The van der Waals surface area contributed by atoms with E-state index in [9.17, 15) is 4.79 Å². The molecule has 2 aromatic rings. The Morgan fingerprint density at radius 2 is 2.04 bits per heavy atom. The van der Waals surface area contributed by atoms with Crippen LogP contribution in [-0.4, -0.2) is 41.5 Å². The minimum atomic E-state index is -0.0128. The molecule has 3 aliphatic rings. The zero-order valence-electron chi connectivity index (χ0n) is 13.1. The summed E-state index contributed by atoms with van der Waals surface area (Å²) in [4.78, 5) is 18.8. The summed E-state index contributed by atoms with van der Waals surface area (Å²) in [6.07, 6.45) is 3.96. The van der Waals surface area contributed by atoms with Gasteiger partial charge in [-0.05, 0) is 56.1 Å². The molecule has 7 heteroatoms. The largest absolute Gasteiger partial charge is 0.445 e. The monoisotopic (exact) mass is 363 g/mol. The van der Waals surface area contributed by atoms with Crippen molar-refractivity contribution in [3.63, 3.8) is 0 Å². The third-order valence-electron chi connectivity index (χ3n) is 4.76. The van der Waals surface area contributed by atoms with Crippen molar-refractivity contribution in [1.82, 2.24) is 15.2 Å². The predicted molar refractivity (Wildman–Crippen MR) is 94.1 cm³/mol. The number of nitrogens with zero attached hydrogens (tertiary/aromatic N) is 2. The van der Waals surface area contributed by atoms with Crippen LogP contribution in [0.1, 0.15) is 23.2 Å². The molecule has 0 unspecified atom stereocenters. The van der Waals surface area contributed by atoms with Gasteiger partial charge in [-0.1, -0.05) is 22.9 Å². The fraction of sp³-hybridized carbons (Fsp3) is 0.412. The first-order chi connectivity index (χ1) is 11.7. The maximum Gasteiger partial charge on any atom is 0.251 e. The Morgan fingerprint density at radius 3 is 2.62 bits per heavy atom. The van der Waals surface area contributed by atoms with Gasteiger partial charge in [-0.3, -0.25) is 4.79 Å². The smallest absolute Gasteiger partial charge is 0.251 e. The first-order valence-corrected chi connectivity index (χ1v) is 9.29. The van der Waals surface area contributed by atoms with Crippen LogP contribution < -0.4 is 10.1 Å². The molecule has 126 valence electrons. The lowest BCUT2D eigenvalue weighted by Crippen LogP contribution is -2.57. The van der Waals surface area contributed by atoms with Crippen molar-refractivity contribution in [2.75, 3.05) is 19.6 Å². The lowest BCUT2D eigenvalue weighted by Gasteiger charge is -2.44. The van der Waals surface area contributed by atoms with E-state index in [4.69, 9.17) is 16.3 Å². The normalized spacial score (nSPS) is 25.5. The lowest BCUT2D eigenvalue weighted by atomic mass is 9.84. The van der Waals surface area contributed by atoms with Gasteiger partial charge in [0.05, 0.1) is 6.20 Å². The first kappa shape index (κ1) is 15.9. The van der Waals surface area contributed by atoms with Gasteiger partial charge in [0, 0.05) is 18.2 Å². The van der Waals surface area contributed by atoms with Gasteiger partial charge in [0.2, 0.25) is 5.06 Å². The molecule has 1 amide bonds. The molecule has 0 radical (unpaired) electrons. The standard InChI is InChI=1S/C17H18ClN3O2S/c18-17-19-9-15(24-17)23-13-3-1-12(2-4-13)16(22)20-14-10-21-7-5-11(14)6-8-21/h1-4,9,11,14H,5-8,10H2,(H,20,22)/t14-/m0/s1. The molecule has 5 rings (SSSR count). The number of ether oxygens (including phenoxy) is 1. The number of fused-ring (bicyclic) bond motifs is 3. The number of nitrogens with one attached hydrogen (secondary N) is 1. The van der Waals surface area contributed by atoms with E-state index in [0.29, 0.717) is 26.8 Å². The van der Waals surface area contributed by atoms with E-state index in [1.54, 1.807) is 30.5 Å². The van der Waals surface area contributed by atoms with Crippen LogP contribution in [0.2, 0.25) is 4.47 Å². The van der Waals surface area contributed by atoms with Gasteiger partial charge in [-0.2, -0.15) is 0 Å². The van der Waals surface area contributed by atoms with Crippen LogP contribution in [-0.2, 0) is 0 Å². The molecule has 4 heterocycles. The number of benzene rings is 1. The highest BCUT2D eigenvalue weighted by molar-refractivity contribution is 7.17. The van der Waals surface area contributed by atoms with Crippen molar-refractivity contribution in [2.24, 2.45) is 5.92 Å². The number of hydrogen-bond acceptors (Lipinski definition) is 5. The molecule has 1 atom stereocenters. The van der Waals surface area contributed by atoms with Gasteiger partial charge >= 0.3 is 0 Å². The Kier molecular flexibility index (Phi) is 4.43. The topological polar surface area (TPSA) is 54.5 Å². The van der Waals surface area contributed by atoms with Crippen molar-refractivity contribution in [1.29, 1.82) is 0 Å². The summed E-state index contributed by atoms with van der Waals surface area (Å²) in [5.74, 6) is 1.27. The number of rotatable bonds is 4. The Bertz CT molecular complexity index is 726. The summed E-state index contributed by atoms with van der Waals surface area (Å²) in [6, 6.07) is 7.43. The summed E-state index contributed by atoms with van der Waals surface area (Å²) in [5.41, 5.74) is 0.654. The first-order valence-electron chi connectivity index (χ1n) is 8.10. The summed E-state index contributed by atoms with van der Waals surface area (Å²) >= 11 is 7.06. The van der Waals surface area contributed by atoms with Crippen LogP contribution in [0.15, 0.2) is 30.5 Å². The zero-order valence-corrected chi connectivity index (χ0v) is 14.6. The molecule has 0 aliphatic carbocycles. The highest BCUT2D eigenvalue weighted by atomic mass is 35.5. The van der Waals surface area contributed by atoms with Crippen molar-refractivity contribution in [2.45, 2.75) is 18.9 Å². The summed E-state index contributed by atoms with van der Waals surface area (Å²) in [5, 5.41) is 3.82. The molecule has 0 spiro atoms. The maximum atomic E-state index is 12.5. The van der Waals surface area contributed by atoms with Crippen LogP contribution in [0.25, 0.3) is 0 Å². The van der Waals surface area contributed by atoms with Gasteiger partial charge in [-0.25, -0.2) is 4.98 Å². The average Bonchev–Trinajstić information content (AvgIpc) is 3.01. The molecule has 1 aromatic heterocycles. The van der Waals surface area contributed by atoms with E-state index < -0.39 is 0 Å². The SMILES string of the molecule is O=C(N[C@H]1CN2CCC1CC2)c1ccc(Oc2cnc(Cl)s2)cc1. The Hall–Kier alpha value is -1.63. The summed E-state index contributed by atoms with van der Waals surface area (Å²) in [6.45, 7) is 3.32. The van der Waals surface area contributed by atoms with Crippen LogP contribution in [0.5, 0.6) is 10.8 Å². The van der Waals surface area contributed by atoms with Gasteiger partial charge in [0.15, 0.2) is 4.47 Å². The van der Waals surface area contributed by atoms with E-state index in [1.807, 2.05) is 0 Å². The molecule has 0 saturated carbocycles. The minimum absolute atomic E-state index is 0.0128. The van der Waals surface area contributed by atoms with Crippen molar-refractivity contribution < 1.29 is 9.53 Å². The van der Waals surface area contributed by atoms with Gasteiger partial charge < -0.3 is 15.0 Å². The number of halogens is 1. The summed E-state index contributed by atoms with van der Waals surface area (Å²) in [7, 11) is 0. The van der Waals surface area contributed by atoms with Gasteiger partial charge in [0.25, 0.3) is 5.91 Å². The van der Waals surface area contributed by atoms with E-state index >= 15 is 0 Å². The van der Waals surface area contributed by atoms with Crippen LogP contribution in [0.3, 0.4) is 0 Å². The number of thiazole rings is 1. The molecule has 2 bridgehead atoms. The highest BCUT2D eigenvalue weighted by Gasteiger charge is 2.34. The third kappa shape index (κ3) is 3.41. The Labute approximate surface area is 149 Å². The predicted octanol–water partition coefficient (Wildman–Crippen LogP) is 3.41. The molecule has 1 aromatic carbocycles. The fourth-order valence-corrected chi connectivity index (χ4v) is 4.25. The summed E-state index contributed by atoms with van der Waals surface area (Å²) < 4.78 is 6.10. The second-order valence-electron chi connectivity index (χ2n) is 6.28. The number of aromatic nitrogens is 1. The van der Waals surface area contributed by atoms with E-state index in [-0.39, 0.29) is 11.9 Å². The van der Waals surface area contributed by atoms with E-state index in [0.717, 1.165) is 6.54 Å². The Balaban J connectivity index is 1.38. The molecular weight excluding hydrogens is 346 g/mol. The molecule has 3 fully saturated rings. The van der Waals surface area contributed by atoms with Crippen molar-refractivity contribution in [3.8, 4) is 10.8 Å². The Morgan fingerprint density at radius 1 is 1.29 bits per heavy atom. The number of hydrogen-bond donors (Lipinski definition) is 1. The molecule has 24 heavy (non-hydrogen) atoms.